The van der Waals surface area contributed by atoms with Crippen LogP contribution >= 0.6 is 0 Å². The topological polar surface area (TPSA) is 96.5 Å². The van der Waals surface area contributed by atoms with Crippen molar-refractivity contribution < 1.29 is 14.5 Å². The van der Waals surface area contributed by atoms with E-state index in [9.17, 15) is 14.9 Å². The van der Waals surface area contributed by atoms with Gasteiger partial charge in [-0.15, -0.1) is 0 Å². The molecule has 1 rings (SSSR count). The maximum atomic E-state index is 12.2. The number of hydrogen-bond donors (Lipinski definition) is 0. The number of hydrogen-bond acceptors (Lipinski definition) is 5. The maximum Gasteiger partial charge on any atom is 0.311 e. The molecule has 1 aromatic carbocycles. The zero-order valence-corrected chi connectivity index (χ0v) is 11.3. The Hall–Kier alpha value is -2.62. The van der Waals surface area contributed by atoms with Crippen LogP contribution in [0.5, 0.6) is 5.75 Å². The van der Waals surface area contributed by atoms with Gasteiger partial charge in [-0.3, -0.25) is 14.9 Å². The third-order valence-corrected chi connectivity index (χ3v) is 2.66. The Kier molecular flexibility index (Phi) is 5.47. The SMILES string of the molecule is CCCN(CC#N)C(=O)c1ccc(OC)c([N+](=O)[O-])c1. The minimum absolute atomic E-state index is 0.0491. The maximum absolute atomic E-state index is 12.2. The van der Waals surface area contributed by atoms with Crippen molar-refractivity contribution in [3.8, 4) is 11.8 Å². The molecule has 0 spiro atoms. The Bertz CT molecular complexity index is 551. The summed E-state index contributed by atoms with van der Waals surface area (Å²) in [7, 11) is 1.32. The monoisotopic (exact) mass is 277 g/mol. The Morgan fingerprint density at radius 2 is 2.25 bits per heavy atom. The lowest BCUT2D eigenvalue weighted by atomic mass is 10.1. The molecule has 0 radical (unpaired) electrons. The molecule has 1 aromatic rings. The highest BCUT2D eigenvalue weighted by atomic mass is 16.6. The number of carbonyl (C=O) groups excluding carboxylic acids is 1. The summed E-state index contributed by atoms with van der Waals surface area (Å²) in [5.74, 6) is -0.312. The van der Waals surface area contributed by atoms with Gasteiger partial charge in [0, 0.05) is 18.2 Å². The van der Waals surface area contributed by atoms with Gasteiger partial charge in [0.1, 0.15) is 6.54 Å². The van der Waals surface area contributed by atoms with Gasteiger partial charge in [-0.25, -0.2) is 0 Å². The molecule has 0 heterocycles. The highest BCUT2D eigenvalue weighted by Crippen LogP contribution is 2.28. The van der Waals surface area contributed by atoms with Crippen LogP contribution in [0.25, 0.3) is 0 Å². The number of nitro benzene ring substituents is 1. The van der Waals surface area contributed by atoms with E-state index in [1.165, 1.54) is 30.2 Å². The van der Waals surface area contributed by atoms with E-state index in [-0.39, 0.29) is 23.5 Å². The first-order valence-electron chi connectivity index (χ1n) is 6.03. The standard InChI is InChI=1S/C13H15N3O4/c1-3-7-15(8-6-14)13(17)10-4-5-12(20-2)11(9-10)16(18)19/h4-5,9H,3,7-8H2,1-2H3. The van der Waals surface area contributed by atoms with Crippen LogP contribution in [0.1, 0.15) is 23.7 Å². The average molecular weight is 277 g/mol. The molecule has 7 nitrogen and oxygen atoms in total. The number of ether oxygens (including phenoxy) is 1. The van der Waals surface area contributed by atoms with Crippen LogP contribution in [-0.4, -0.2) is 35.9 Å². The zero-order chi connectivity index (χ0) is 15.1. The fraction of sp³-hybridized carbons (Fsp3) is 0.385. The van der Waals surface area contributed by atoms with Gasteiger partial charge in [0.25, 0.3) is 5.91 Å². The molecule has 0 N–H and O–H groups in total. The van der Waals surface area contributed by atoms with Crippen LogP contribution in [0.3, 0.4) is 0 Å². The third-order valence-electron chi connectivity index (χ3n) is 2.66. The average Bonchev–Trinajstić information content (AvgIpc) is 2.45. The number of amides is 1. The Morgan fingerprint density at radius 1 is 1.55 bits per heavy atom. The summed E-state index contributed by atoms with van der Waals surface area (Å²) in [6, 6.07) is 5.91. The molecule has 1 amide bonds. The van der Waals surface area contributed by atoms with Crippen molar-refractivity contribution in [1.29, 1.82) is 5.26 Å². The van der Waals surface area contributed by atoms with Gasteiger partial charge in [-0.2, -0.15) is 5.26 Å². The van der Waals surface area contributed by atoms with E-state index in [0.717, 1.165) is 0 Å². The number of carbonyl (C=O) groups is 1. The number of nitrogens with zero attached hydrogens (tertiary/aromatic N) is 3. The molecule has 106 valence electrons. The van der Waals surface area contributed by atoms with Crippen molar-refractivity contribution in [2.75, 3.05) is 20.2 Å². The van der Waals surface area contributed by atoms with Gasteiger partial charge in [0.2, 0.25) is 0 Å². The van der Waals surface area contributed by atoms with Crippen molar-refractivity contribution in [2.24, 2.45) is 0 Å². The fourth-order valence-electron chi connectivity index (χ4n) is 1.76. The second-order valence-corrected chi connectivity index (χ2v) is 4.03. The Labute approximate surface area is 116 Å². The van der Waals surface area contributed by atoms with E-state index < -0.39 is 10.8 Å². The van der Waals surface area contributed by atoms with Crippen LogP contribution in [0.15, 0.2) is 18.2 Å². The first-order valence-corrected chi connectivity index (χ1v) is 6.03. The second kappa shape index (κ2) is 7.09. The minimum atomic E-state index is -0.607. The molecule has 0 saturated heterocycles. The molecule has 0 atom stereocenters. The lowest BCUT2D eigenvalue weighted by Gasteiger charge is -2.18. The molecular weight excluding hydrogens is 262 g/mol. The Balaban J connectivity index is 3.12. The summed E-state index contributed by atoms with van der Waals surface area (Å²) < 4.78 is 4.88. The number of nitriles is 1. The zero-order valence-electron chi connectivity index (χ0n) is 11.3. The van der Waals surface area contributed by atoms with Crippen molar-refractivity contribution in [3.63, 3.8) is 0 Å². The van der Waals surface area contributed by atoms with Crippen molar-refractivity contribution in [1.82, 2.24) is 4.90 Å². The summed E-state index contributed by atoms with van der Waals surface area (Å²) in [6.07, 6.45) is 0.700. The first-order chi connectivity index (χ1) is 9.54. The molecule has 0 bridgehead atoms. The lowest BCUT2D eigenvalue weighted by Crippen LogP contribution is -2.32. The van der Waals surface area contributed by atoms with E-state index >= 15 is 0 Å². The molecule has 0 unspecified atom stereocenters. The fourth-order valence-corrected chi connectivity index (χ4v) is 1.76. The molecule has 7 heteroatoms. The van der Waals surface area contributed by atoms with Crippen molar-refractivity contribution in [2.45, 2.75) is 13.3 Å². The van der Waals surface area contributed by atoms with Gasteiger partial charge in [-0.1, -0.05) is 6.92 Å². The quantitative estimate of drug-likeness (QED) is 0.450. The summed E-state index contributed by atoms with van der Waals surface area (Å²) in [5.41, 5.74) is -0.104. The number of nitro groups is 1. The largest absolute Gasteiger partial charge is 0.490 e. The van der Waals surface area contributed by atoms with Crippen LogP contribution in [0.2, 0.25) is 0 Å². The molecule has 0 fully saturated rings. The van der Waals surface area contributed by atoms with E-state index in [4.69, 9.17) is 10.00 Å². The molecule has 20 heavy (non-hydrogen) atoms. The van der Waals surface area contributed by atoms with Gasteiger partial charge < -0.3 is 9.64 Å². The predicted octanol–water partition coefficient (Wildman–Crippen LogP) is 1.98. The summed E-state index contributed by atoms with van der Waals surface area (Å²) in [5, 5.41) is 19.6. The first kappa shape index (κ1) is 15.4. The molecule has 0 aromatic heterocycles. The van der Waals surface area contributed by atoms with Crippen LogP contribution < -0.4 is 4.74 Å². The lowest BCUT2D eigenvalue weighted by molar-refractivity contribution is -0.385. The second-order valence-electron chi connectivity index (χ2n) is 4.03. The van der Waals surface area contributed by atoms with Crippen molar-refractivity contribution in [3.05, 3.63) is 33.9 Å². The highest BCUT2D eigenvalue weighted by molar-refractivity contribution is 5.95. The van der Waals surface area contributed by atoms with Crippen LogP contribution in [-0.2, 0) is 0 Å². The number of benzene rings is 1. The van der Waals surface area contributed by atoms with Crippen LogP contribution in [0, 0.1) is 21.4 Å². The molecule has 0 aliphatic rings. The van der Waals surface area contributed by atoms with E-state index in [2.05, 4.69) is 0 Å². The van der Waals surface area contributed by atoms with E-state index in [1.54, 1.807) is 0 Å². The molecule has 0 aliphatic carbocycles. The van der Waals surface area contributed by atoms with Crippen LogP contribution in [0.4, 0.5) is 5.69 Å². The highest BCUT2D eigenvalue weighted by Gasteiger charge is 2.21. The Morgan fingerprint density at radius 3 is 2.75 bits per heavy atom. The smallest absolute Gasteiger partial charge is 0.311 e. The van der Waals surface area contributed by atoms with Crippen molar-refractivity contribution >= 4 is 11.6 Å². The van der Waals surface area contributed by atoms with E-state index in [1.807, 2.05) is 13.0 Å². The summed E-state index contributed by atoms with van der Waals surface area (Å²) in [4.78, 5) is 23.9. The number of methoxy groups -OCH3 is 1. The normalized spacial score (nSPS) is 9.65. The molecular formula is C13H15N3O4. The minimum Gasteiger partial charge on any atom is -0.490 e. The van der Waals surface area contributed by atoms with Gasteiger partial charge in [0.15, 0.2) is 5.75 Å². The molecule has 0 aliphatic heterocycles. The van der Waals surface area contributed by atoms with Gasteiger partial charge >= 0.3 is 5.69 Å². The van der Waals surface area contributed by atoms with E-state index in [0.29, 0.717) is 13.0 Å². The summed E-state index contributed by atoms with van der Waals surface area (Å²) in [6.45, 7) is 2.26. The number of rotatable bonds is 6. The predicted molar refractivity (Wildman–Crippen MR) is 71.5 cm³/mol. The summed E-state index contributed by atoms with van der Waals surface area (Å²) >= 11 is 0. The molecule has 0 saturated carbocycles. The van der Waals surface area contributed by atoms with Gasteiger partial charge in [0.05, 0.1) is 18.1 Å². The van der Waals surface area contributed by atoms with Gasteiger partial charge in [-0.05, 0) is 18.6 Å². The third kappa shape index (κ3) is 3.45.